The van der Waals surface area contributed by atoms with Crippen molar-refractivity contribution in [2.75, 3.05) is 31.6 Å². The van der Waals surface area contributed by atoms with Crippen LogP contribution in [-0.2, 0) is 16.6 Å². The molecule has 0 fully saturated rings. The number of ether oxygens (including phenoxy) is 1. The number of nitrogens with one attached hydrogen (secondary N) is 1. The number of nitrogens with zero attached hydrogens (tertiary/aromatic N) is 2. The third-order valence-corrected chi connectivity index (χ3v) is 7.45. The van der Waals surface area contributed by atoms with Gasteiger partial charge in [-0.05, 0) is 36.1 Å². The number of pyridine rings is 1. The third kappa shape index (κ3) is 3.57. The fraction of sp³-hybridized carbons (Fsp3) is 0.318. The SMILES string of the molecule is CCN(Cc1cc2cccc(C)c2[nH]c1=O)S(=O)(=O)c1ccc2c(c1)OCCN2C. The molecule has 0 radical (unpaired) electrons. The zero-order valence-electron chi connectivity index (χ0n) is 17.3. The highest BCUT2D eigenvalue weighted by Gasteiger charge is 2.27. The highest BCUT2D eigenvalue weighted by atomic mass is 32.2. The van der Waals surface area contributed by atoms with Crippen LogP contribution in [0.4, 0.5) is 5.69 Å². The summed E-state index contributed by atoms with van der Waals surface area (Å²) >= 11 is 0. The number of hydrogen-bond donors (Lipinski definition) is 1. The summed E-state index contributed by atoms with van der Waals surface area (Å²) in [5.74, 6) is 0.555. The quantitative estimate of drug-likeness (QED) is 0.677. The third-order valence-electron chi connectivity index (χ3n) is 5.53. The predicted molar refractivity (Wildman–Crippen MR) is 118 cm³/mol. The number of aromatic amines is 1. The second-order valence-corrected chi connectivity index (χ2v) is 9.43. The van der Waals surface area contributed by atoms with Crippen molar-refractivity contribution in [2.45, 2.75) is 25.3 Å². The molecule has 8 heteroatoms. The molecule has 2 heterocycles. The van der Waals surface area contributed by atoms with Gasteiger partial charge in [0.1, 0.15) is 12.4 Å². The van der Waals surface area contributed by atoms with Crippen LogP contribution in [0.1, 0.15) is 18.1 Å². The van der Waals surface area contributed by atoms with Gasteiger partial charge in [-0.2, -0.15) is 4.31 Å². The van der Waals surface area contributed by atoms with E-state index in [0.29, 0.717) is 17.9 Å². The summed E-state index contributed by atoms with van der Waals surface area (Å²) in [4.78, 5) is 17.7. The summed E-state index contributed by atoms with van der Waals surface area (Å²) in [7, 11) is -1.85. The summed E-state index contributed by atoms with van der Waals surface area (Å²) < 4.78 is 33.6. The van der Waals surface area contributed by atoms with E-state index in [4.69, 9.17) is 4.74 Å². The molecule has 1 aromatic heterocycles. The Hall–Kier alpha value is -2.84. The van der Waals surface area contributed by atoms with Gasteiger partial charge in [0.2, 0.25) is 10.0 Å². The van der Waals surface area contributed by atoms with E-state index in [0.717, 1.165) is 28.7 Å². The Morgan fingerprint density at radius 2 is 2.00 bits per heavy atom. The maximum absolute atomic E-state index is 13.3. The Morgan fingerprint density at radius 1 is 1.20 bits per heavy atom. The van der Waals surface area contributed by atoms with E-state index < -0.39 is 10.0 Å². The second-order valence-electron chi connectivity index (χ2n) is 7.49. The molecule has 0 spiro atoms. The summed E-state index contributed by atoms with van der Waals surface area (Å²) in [5, 5.41) is 0.878. The molecular formula is C22H25N3O4S. The number of aryl methyl sites for hydroxylation is 1. The van der Waals surface area contributed by atoms with Crippen molar-refractivity contribution < 1.29 is 13.2 Å². The van der Waals surface area contributed by atoms with Gasteiger partial charge < -0.3 is 14.6 Å². The topological polar surface area (TPSA) is 82.7 Å². The molecule has 2 aromatic carbocycles. The Balaban J connectivity index is 1.69. The number of fused-ring (bicyclic) bond motifs is 2. The summed E-state index contributed by atoms with van der Waals surface area (Å²) in [6.07, 6.45) is 0. The highest BCUT2D eigenvalue weighted by Crippen LogP contribution is 2.33. The van der Waals surface area contributed by atoms with Crippen LogP contribution in [0.15, 0.2) is 52.2 Å². The minimum absolute atomic E-state index is 0.00407. The highest BCUT2D eigenvalue weighted by molar-refractivity contribution is 7.89. The summed E-state index contributed by atoms with van der Waals surface area (Å²) in [5.41, 5.74) is 2.74. The average molecular weight is 428 g/mol. The van der Waals surface area contributed by atoms with E-state index in [-0.39, 0.29) is 23.5 Å². The zero-order valence-corrected chi connectivity index (χ0v) is 18.1. The first kappa shape index (κ1) is 20.4. The number of likely N-dealkylation sites (N-methyl/N-ethyl adjacent to an activating group) is 1. The number of anilines is 1. The minimum atomic E-state index is -3.80. The van der Waals surface area contributed by atoms with Gasteiger partial charge in [0.15, 0.2) is 0 Å². The van der Waals surface area contributed by atoms with Gasteiger partial charge in [0, 0.05) is 31.8 Å². The molecule has 0 saturated heterocycles. The largest absolute Gasteiger partial charge is 0.490 e. The van der Waals surface area contributed by atoms with Crippen LogP contribution in [0.2, 0.25) is 0 Å². The maximum atomic E-state index is 13.3. The van der Waals surface area contributed by atoms with Crippen molar-refractivity contribution in [1.29, 1.82) is 0 Å². The van der Waals surface area contributed by atoms with E-state index in [1.54, 1.807) is 31.2 Å². The summed E-state index contributed by atoms with van der Waals surface area (Å²) in [6.45, 7) is 5.19. The number of sulfonamides is 1. The molecular weight excluding hydrogens is 402 g/mol. The fourth-order valence-electron chi connectivity index (χ4n) is 3.75. The van der Waals surface area contributed by atoms with Gasteiger partial charge in [-0.3, -0.25) is 4.79 Å². The Bertz CT molecular complexity index is 1270. The summed E-state index contributed by atoms with van der Waals surface area (Å²) in [6, 6.07) is 12.4. The first-order chi connectivity index (χ1) is 14.3. The molecule has 0 unspecified atom stereocenters. The van der Waals surface area contributed by atoms with Crippen LogP contribution < -0.4 is 15.2 Å². The number of hydrogen-bond acceptors (Lipinski definition) is 5. The van der Waals surface area contributed by atoms with E-state index >= 15 is 0 Å². The van der Waals surface area contributed by atoms with Gasteiger partial charge in [-0.1, -0.05) is 25.1 Å². The van der Waals surface area contributed by atoms with Gasteiger partial charge >= 0.3 is 0 Å². The van der Waals surface area contributed by atoms with Crippen molar-refractivity contribution in [2.24, 2.45) is 0 Å². The average Bonchev–Trinajstić information content (AvgIpc) is 2.72. The molecule has 4 rings (SSSR count). The second kappa shape index (κ2) is 7.77. The molecule has 0 aliphatic carbocycles. The fourth-order valence-corrected chi connectivity index (χ4v) is 5.19. The number of rotatable bonds is 5. The first-order valence-corrected chi connectivity index (χ1v) is 11.3. The Labute approximate surface area is 175 Å². The number of benzene rings is 2. The normalized spacial score (nSPS) is 14.1. The van der Waals surface area contributed by atoms with Crippen LogP contribution in [-0.4, -0.2) is 44.5 Å². The lowest BCUT2D eigenvalue weighted by Gasteiger charge is -2.28. The number of aromatic nitrogens is 1. The lowest BCUT2D eigenvalue weighted by molar-refractivity contribution is 0.310. The molecule has 30 heavy (non-hydrogen) atoms. The van der Waals surface area contributed by atoms with Crippen molar-refractivity contribution in [1.82, 2.24) is 9.29 Å². The monoisotopic (exact) mass is 427 g/mol. The first-order valence-electron chi connectivity index (χ1n) is 9.91. The van der Waals surface area contributed by atoms with Gasteiger partial charge in [0.05, 0.1) is 22.6 Å². The van der Waals surface area contributed by atoms with Crippen LogP contribution in [0.3, 0.4) is 0 Å². The standard InChI is InChI=1S/C22H25N3O4S/c1-4-25(14-17-12-16-7-5-6-15(2)21(16)23-22(17)26)30(27,28)18-8-9-19-20(13-18)29-11-10-24(19)3/h5-9,12-13H,4,10-11,14H2,1-3H3,(H,23,26). The van der Waals surface area contributed by atoms with E-state index in [2.05, 4.69) is 4.98 Å². The van der Waals surface area contributed by atoms with Crippen molar-refractivity contribution in [3.05, 3.63) is 63.9 Å². The number of H-pyrrole nitrogens is 1. The lowest BCUT2D eigenvalue weighted by Crippen LogP contribution is -2.33. The van der Waals surface area contributed by atoms with Gasteiger partial charge in [-0.15, -0.1) is 0 Å². The minimum Gasteiger partial charge on any atom is -0.490 e. The molecule has 158 valence electrons. The van der Waals surface area contributed by atoms with Crippen molar-refractivity contribution >= 4 is 26.6 Å². The van der Waals surface area contributed by atoms with Crippen LogP contribution >= 0.6 is 0 Å². The van der Waals surface area contributed by atoms with E-state index in [1.807, 2.05) is 37.1 Å². The Kier molecular flexibility index (Phi) is 5.29. The molecule has 1 aliphatic rings. The van der Waals surface area contributed by atoms with E-state index in [9.17, 15) is 13.2 Å². The molecule has 3 aromatic rings. The lowest BCUT2D eigenvalue weighted by atomic mass is 10.1. The van der Waals surface area contributed by atoms with Crippen molar-refractivity contribution in [3.63, 3.8) is 0 Å². The molecule has 1 N–H and O–H groups in total. The Morgan fingerprint density at radius 3 is 2.77 bits per heavy atom. The molecule has 7 nitrogen and oxygen atoms in total. The van der Waals surface area contributed by atoms with Crippen LogP contribution in [0.25, 0.3) is 10.9 Å². The molecule has 0 atom stereocenters. The molecule has 0 saturated carbocycles. The zero-order chi connectivity index (χ0) is 21.5. The molecule has 0 amide bonds. The van der Waals surface area contributed by atoms with Crippen molar-refractivity contribution in [3.8, 4) is 5.75 Å². The van der Waals surface area contributed by atoms with Crippen LogP contribution in [0.5, 0.6) is 5.75 Å². The van der Waals surface area contributed by atoms with E-state index in [1.165, 1.54) is 4.31 Å². The molecule has 1 aliphatic heterocycles. The van der Waals surface area contributed by atoms with Gasteiger partial charge in [-0.25, -0.2) is 8.42 Å². The van der Waals surface area contributed by atoms with Gasteiger partial charge in [0.25, 0.3) is 5.56 Å². The maximum Gasteiger partial charge on any atom is 0.252 e. The smallest absolute Gasteiger partial charge is 0.252 e. The van der Waals surface area contributed by atoms with Crippen LogP contribution in [0, 0.1) is 6.92 Å². The molecule has 0 bridgehead atoms. The number of para-hydroxylation sites is 1. The predicted octanol–water partition coefficient (Wildman–Crippen LogP) is 2.88.